The van der Waals surface area contributed by atoms with Crippen LogP contribution in [0.1, 0.15) is 28.8 Å². The molecule has 0 radical (unpaired) electrons. The van der Waals surface area contributed by atoms with Gasteiger partial charge in [-0.3, -0.25) is 14.5 Å². The van der Waals surface area contributed by atoms with E-state index in [-0.39, 0.29) is 23.5 Å². The lowest BCUT2D eigenvalue weighted by atomic mass is 9.95. The van der Waals surface area contributed by atoms with Crippen LogP contribution in [0.25, 0.3) is 0 Å². The zero-order valence-electron chi connectivity index (χ0n) is 16.7. The van der Waals surface area contributed by atoms with Gasteiger partial charge in [0.1, 0.15) is 5.82 Å². The Kier molecular flexibility index (Phi) is 7.60. The van der Waals surface area contributed by atoms with Gasteiger partial charge >= 0.3 is 0 Å². The molecule has 0 unspecified atom stereocenters. The second-order valence-corrected chi connectivity index (χ2v) is 7.76. The smallest absolute Gasteiger partial charge is 0.253 e. The highest BCUT2D eigenvalue weighted by Gasteiger charge is 2.26. The minimum Gasteiger partial charge on any atom is -0.349 e. The van der Waals surface area contributed by atoms with Gasteiger partial charge in [-0.25, -0.2) is 4.39 Å². The van der Waals surface area contributed by atoms with Gasteiger partial charge in [0.15, 0.2) is 0 Å². The van der Waals surface area contributed by atoms with Crippen molar-refractivity contribution in [1.29, 1.82) is 0 Å². The van der Waals surface area contributed by atoms with E-state index >= 15 is 0 Å². The molecule has 0 aliphatic carbocycles. The average molecular weight is 430 g/mol. The number of carbonyl (C=O) groups is 2. The summed E-state index contributed by atoms with van der Waals surface area (Å²) in [5.74, 6) is -0.823. The second-order valence-electron chi connectivity index (χ2n) is 7.32. The summed E-state index contributed by atoms with van der Waals surface area (Å²) in [6.07, 6.45) is 2.94. The summed E-state index contributed by atoms with van der Waals surface area (Å²) in [5.41, 5.74) is 1.51. The maximum absolute atomic E-state index is 14.0. The van der Waals surface area contributed by atoms with E-state index in [1.807, 2.05) is 0 Å². The molecule has 0 saturated carbocycles. The first-order valence-electron chi connectivity index (χ1n) is 9.93. The van der Waals surface area contributed by atoms with Crippen LogP contribution in [0.15, 0.2) is 55.1 Å². The molecule has 158 valence electrons. The van der Waals surface area contributed by atoms with Crippen molar-refractivity contribution < 1.29 is 14.0 Å². The molecule has 0 aromatic heterocycles. The topological polar surface area (TPSA) is 61.4 Å². The molecule has 2 N–H and O–H groups in total. The molecule has 1 saturated heterocycles. The summed E-state index contributed by atoms with van der Waals surface area (Å²) in [5, 5.41) is 6.00. The first kappa shape index (κ1) is 22.0. The molecule has 7 heteroatoms. The van der Waals surface area contributed by atoms with Crippen LogP contribution in [-0.4, -0.2) is 36.3 Å². The Bertz CT molecular complexity index is 926. The fraction of sp³-hybridized carbons (Fsp3) is 0.304. The molecule has 5 nitrogen and oxygen atoms in total. The van der Waals surface area contributed by atoms with Crippen LogP contribution >= 0.6 is 11.6 Å². The van der Waals surface area contributed by atoms with Crippen molar-refractivity contribution in [3.63, 3.8) is 0 Å². The van der Waals surface area contributed by atoms with Gasteiger partial charge in [-0.1, -0.05) is 35.9 Å². The fourth-order valence-electron chi connectivity index (χ4n) is 3.53. The Hall–Kier alpha value is -2.70. The average Bonchev–Trinajstić information content (AvgIpc) is 2.75. The molecule has 30 heavy (non-hydrogen) atoms. The van der Waals surface area contributed by atoms with Gasteiger partial charge in [0, 0.05) is 29.6 Å². The second kappa shape index (κ2) is 10.4. The van der Waals surface area contributed by atoms with E-state index in [0.29, 0.717) is 60.9 Å². The summed E-state index contributed by atoms with van der Waals surface area (Å²) in [7, 11) is 0. The lowest BCUT2D eigenvalue weighted by molar-refractivity contribution is -0.121. The molecule has 1 fully saturated rings. The molecule has 2 amide bonds. The number of rotatable bonds is 7. The van der Waals surface area contributed by atoms with Crippen molar-refractivity contribution in [2.45, 2.75) is 19.4 Å². The van der Waals surface area contributed by atoms with E-state index in [9.17, 15) is 14.0 Å². The SMILES string of the molecule is C=CCNC(=O)c1ccccc1NC(=O)C1CCN(Cc2ccc(Cl)cc2F)CC1. The first-order chi connectivity index (χ1) is 14.5. The Balaban J connectivity index is 1.56. The number of piperidine rings is 1. The van der Waals surface area contributed by atoms with Gasteiger partial charge in [0.2, 0.25) is 5.91 Å². The number of hydrogen-bond donors (Lipinski definition) is 2. The standard InChI is InChI=1S/C23H25ClFN3O2/c1-2-11-26-23(30)19-5-3-4-6-21(19)27-22(29)16-9-12-28(13-10-16)15-17-7-8-18(24)14-20(17)25/h2-8,14,16H,1,9-13,15H2,(H,26,30)(H,27,29). The summed E-state index contributed by atoms with van der Waals surface area (Å²) in [6, 6.07) is 11.6. The number of para-hydroxylation sites is 1. The molecule has 0 spiro atoms. The van der Waals surface area contributed by atoms with Gasteiger partial charge < -0.3 is 10.6 Å². The van der Waals surface area contributed by atoms with Crippen LogP contribution in [0.2, 0.25) is 5.02 Å². The Morgan fingerprint density at radius 2 is 1.93 bits per heavy atom. The number of benzene rings is 2. The number of hydrogen-bond acceptors (Lipinski definition) is 3. The van der Waals surface area contributed by atoms with Gasteiger partial charge in [-0.05, 0) is 50.2 Å². The van der Waals surface area contributed by atoms with Crippen LogP contribution in [0.4, 0.5) is 10.1 Å². The van der Waals surface area contributed by atoms with Crippen LogP contribution in [0.3, 0.4) is 0 Å². The molecule has 2 aromatic carbocycles. The molecule has 2 aromatic rings. The van der Waals surface area contributed by atoms with Crippen molar-refractivity contribution in [3.8, 4) is 0 Å². The normalized spacial score (nSPS) is 14.9. The van der Waals surface area contributed by atoms with Gasteiger partial charge in [-0.15, -0.1) is 6.58 Å². The lowest BCUT2D eigenvalue weighted by Crippen LogP contribution is -2.38. The molecule has 0 atom stereocenters. The molecule has 3 rings (SSSR count). The maximum Gasteiger partial charge on any atom is 0.253 e. The van der Waals surface area contributed by atoms with E-state index in [0.717, 1.165) is 0 Å². The van der Waals surface area contributed by atoms with Gasteiger partial charge in [-0.2, -0.15) is 0 Å². The summed E-state index contributed by atoms with van der Waals surface area (Å²) < 4.78 is 14.0. The Labute approximate surface area is 180 Å². The first-order valence-corrected chi connectivity index (χ1v) is 10.3. The highest BCUT2D eigenvalue weighted by atomic mass is 35.5. The maximum atomic E-state index is 14.0. The van der Waals surface area contributed by atoms with Crippen LogP contribution in [0.5, 0.6) is 0 Å². The summed E-state index contributed by atoms with van der Waals surface area (Å²) in [6.45, 7) is 5.82. The van der Waals surface area contributed by atoms with Gasteiger partial charge in [0.25, 0.3) is 5.91 Å². The number of halogens is 2. The predicted molar refractivity (Wildman–Crippen MR) is 117 cm³/mol. The van der Waals surface area contributed by atoms with E-state index < -0.39 is 0 Å². The van der Waals surface area contributed by atoms with E-state index in [1.165, 1.54) is 6.07 Å². The molecular weight excluding hydrogens is 405 g/mol. The van der Waals surface area contributed by atoms with Crippen molar-refractivity contribution in [3.05, 3.63) is 77.1 Å². The number of carbonyl (C=O) groups excluding carboxylic acids is 2. The number of amides is 2. The zero-order chi connectivity index (χ0) is 21.5. The third-order valence-corrected chi connectivity index (χ3v) is 5.44. The van der Waals surface area contributed by atoms with Crippen molar-refractivity contribution in [2.75, 3.05) is 25.0 Å². The predicted octanol–water partition coefficient (Wildman–Crippen LogP) is 4.25. The van der Waals surface area contributed by atoms with E-state index in [4.69, 9.17) is 11.6 Å². The minimum atomic E-state index is -0.311. The molecule has 1 aliphatic rings. The molecule has 0 bridgehead atoms. The van der Waals surface area contributed by atoms with E-state index in [1.54, 1.807) is 42.5 Å². The highest BCUT2D eigenvalue weighted by molar-refractivity contribution is 6.30. The fourth-order valence-corrected chi connectivity index (χ4v) is 3.69. The largest absolute Gasteiger partial charge is 0.349 e. The number of nitrogens with one attached hydrogen (secondary N) is 2. The van der Waals surface area contributed by atoms with Crippen molar-refractivity contribution >= 4 is 29.1 Å². The van der Waals surface area contributed by atoms with Crippen LogP contribution in [0, 0.1) is 11.7 Å². The number of nitrogens with zero attached hydrogens (tertiary/aromatic N) is 1. The molecule has 1 aliphatic heterocycles. The third-order valence-electron chi connectivity index (χ3n) is 5.20. The van der Waals surface area contributed by atoms with Crippen molar-refractivity contribution in [2.24, 2.45) is 5.92 Å². The lowest BCUT2D eigenvalue weighted by Gasteiger charge is -2.31. The zero-order valence-corrected chi connectivity index (χ0v) is 17.4. The number of likely N-dealkylation sites (tertiary alicyclic amines) is 1. The minimum absolute atomic E-state index is 0.101. The molecular formula is C23H25ClFN3O2. The van der Waals surface area contributed by atoms with Crippen LogP contribution < -0.4 is 10.6 Å². The molecule has 1 heterocycles. The van der Waals surface area contributed by atoms with E-state index in [2.05, 4.69) is 22.1 Å². The van der Waals surface area contributed by atoms with Gasteiger partial charge in [0.05, 0.1) is 11.3 Å². The Morgan fingerprint density at radius 1 is 1.20 bits per heavy atom. The van der Waals surface area contributed by atoms with Crippen LogP contribution in [-0.2, 0) is 11.3 Å². The monoisotopic (exact) mass is 429 g/mol. The quantitative estimate of drug-likeness (QED) is 0.647. The van der Waals surface area contributed by atoms with Crippen molar-refractivity contribution in [1.82, 2.24) is 10.2 Å². The summed E-state index contributed by atoms with van der Waals surface area (Å²) >= 11 is 5.81. The third kappa shape index (κ3) is 5.68. The highest BCUT2D eigenvalue weighted by Crippen LogP contribution is 2.24. The number of anilines is 1. The Morgan fingerprint density at radius 3 is 2.63 bits per heavy atom. The summed E-state index contributed by atoms with van der Waals surface area (Å²) in [4.78, 5) is 27.2.